The van der Waals surface area contributed by atoms with Gasteiger partial charge in [0.2, 0.25) is 0 Å². The van der Waals surface area contributed by atoms with Crippen molar-refractivity contribution in [2.45, 2.75) is 0 Å². The minimum atomic E-state index is -0.985. The lowest BCUT2D eigenvalue weighted by Crippen LogP contribution is -2.00. The Morgan fingerprint density at radius 2 is 0.893 bits per heavy atom. The molecular formula is C51H31N3O2. The number of fused-ring (bicyclic) bond motifs is 6. The number of furan rings is 2. The lowest BCUT2D eigenvalue weighted by Gasteiger charge is -2.10. The molecule has 0 radical (unpaired) electrons. The zero-order valence-electron chi connectivity index (χ0n) is 49.4. The molecule has 0 saturated heterocycles. The number of benzene rings is 8. The van der Waals surface area contributed by atoms with Crippen LogP contribution in [-0.2, 0) is 0 Å². The summed E-state index contributed by atoms with van der Waals surface area (Å²) in [6.07, 6.45) is 0. The maximum Gasteiger partial charge on any atom is 0.164 e. The van der Waals surface area contributed by atoms with Crippen LogP contribution in [0.1, 0.15) is 28.8 Å². The first-order chi connectivity index (χ1) is 36.5. The van der Waals surface area contributed by atoms with Gasteiger partial charge in [0.05, 0.1) is 28.8 Å². The topological polar surface area (TPSA) is 65.0 Å². The van der Waals surface area contributed by atoms with Crippen LogP contribution in [0.5, 0.6) is 0 Å². The molecule has 0 N–H and O–H groups in total. The Bertz CT molecular complexity index is 4350. The lowest BCUT2D eigenvalue weighted by atomic mass is 9.93. The van der Waals surface area contributed by atoms with Crippen LogP contribution in [0.4, 0.5) is 0 Å². The van der Waals surface area contributed by atoms with E-state index in [9.17, 15) is 16.4 Å². The predicted molar refractivity (Wildman–Crippen MR) is 227 cm³/mol. The number of hydrogen-bond donors (Lipinski definition) is 0. The van der Waals surface area contributed by atoms with E-state index in [1.54, 1.807) is 60.7 Å². The molecule has 262 valence electrons. The van der Waals surface area contributed by atoms with Gasteiger partial charge in [-0.25, -0.2) is 15.0 Å². The molecule has 0 spiro atoms. The Morgan fingerprint density at radius 3 is 1.62 bits per heavy atom. The van der Waals surface area contributed by atoms with Crippen molar-refractivity contribution in [3.63, 3.8) is 0 Å². The summed E-state index contributed by atoms with van der Waals surface area (Å²) < 4.78 is 202. The molecule has 5 heteroatoms. The van der Waals surface area contributed by atoms with Crippen LogP contribution in [0, 0.1) is 0 Å². The summed E-state index contributed by atoms with van der Waals surface area (Å²) >= 11 is 0. The van der Waals surface area contributed by atoms with Crippen LogP contribution in [0.15, 0.2) is 196 Å². The smallest absolute Gasteiger partial charge is 0.164 e. The first kappa shape index (κ1) is 17.2. The van der Waals surface area contributed by atoms with E-state index in [1.807, 2.05) is 0 Å². The van der Waals surface area contributed by atoms with E-state index in [1.165, 1.54) is 0 Å². The van der Waals surface area contributed by atoms with E-state index in [0.29, 0.717) is 11.1 Å². The first-order valence-corrected chi connectivity index (χ1v) is 17.0. The molecule has 3 aromatic heterocycles. The van der Waals surface area contributed by atoms with E-state index < -0.39 is 199 Å². The zero-order chi connectivity index (χ0) is 55.3. The fourth-order valence-corrected chi connectivity index (χ4v) is 6.28. The third-order valence-corrected chi connectivity index (χ3v) is 8.88. The third-order valence-electron chi connectivity index (χ3n) is 8.88. The molecule has 0 fully saturated rings. The predicted octanol–water partition coefficient (Wildman–Crippen LogP) is 13.7. The summed E-state index contributed by atoms with van der Waals surface area (Å²) in [7, 11) is 0. The Kier molecular flexibility index (Phi) is 4.01. The molecule has 0 aliphatic rings. The van der Waals surface area contributed by atoms with E-state index in [4.69, 9.17) is 21.2 Å². The standard InChI is InChI=1S/C51H31N3O2/c1-4-12-32(13-5-1)33-20-22-34(23-21-33)42-29-39(31-47-48(42)41-18-10-11-19-44(41)56-47)37-25-27-45-43(28-37)40-26-24-38(30-46(40)55-45)51-53-49(35-14-6-2-7-15-35)52-50(54-51)36-16-8-3-9-17-36/h1-31H/i1D,4D,5D,10D,11D,12D,13D,18D,19D,20D,21D,22D,23D,24D,25D,26D,27D,28D,29D,30D,31D. The van der Waals surface area contributed by atoms with Crippen LogP contribution in [0.2, 0.25) is 0 Å². The van der Waals surface area contributed by atoms with Crippen LogP contribution in [0.3, 0.4) is 0 Å². The van der Waals surface area contributed by atoms with Crippen molar-refractivity contribution in [2.75, 3.05) is 0 Å². The molecule has 11 rings (SSSR count). The Labute approximate surface area is 351 Å². The Balaban J connectivity index is 1.23. The van der Waals surface area contributed by atoms with Crippen molar-refractivity contribution in [1.29, 1.82) is 0 Å². The van der Waals surface area contributed by atoms with Crippen molar-refractivity contribution < 1.29 is 37.6 Å². The zero-order valence-corrected chi connectivity index (χ0v) is 28.4. The average molecular weight is 739 g/mol. The number of rotatable bonds is 6. The average Bonchev–Trinajstić information content (AvgIpc) is 4.17. The van der Waals surface area contributed by atoms with Crippen molar-refractivity contribution in [1.82, 2.24) is 15.0 Å². The van der Waals surface area contributed by atoms with Crippen LogP contribution in [-0.4, -0.2) is 15.0 Å². The number of aromatic nitrogens is 3. The van der Waals surface area contributed by atoms with Gasteiger partial charge in [0.15, 0.2) is 17.5 Å². The third kappa shape index (κ3) is 5.53. The fourth-order valence-electron chi connectivity index (χ4n) is 6.28. The van der Waals surface area contributed by atoms with Crippen LogP contribution >= 0.6 is 0 Å². The molecule has 56 heavy (non-hydrogen) atoms. The Hall–Kier alpha value is -7.63. The van der Waals surface area contributed by atoms with Gasteiger partial charge in [-0.1, -0.05) is 145 Å². The van der Waals surface area contributed by atoms with Gasteiger partial charge in [0.25, 0.3) is 0 Å². The second-order valence-electron chi connectivity index (χ2n) is 12.3. The molecule has 11 aromatic rings. The van der Waals surface area contributed by atoms with Crippen LogP contribution < -0.4 is 0 Å². The molecule has 8 aromatic carbocycles. The van der Waals surface area contributed by atoms with Gasteiger partial charge in [-0.3, -0.25) is 0 Å². The van der Waals surface area contributed by atoms with Gasteiger partial charge in [-0.2, -0.15) is 0 Å². The molecule has 0 bridgehead atoms. The molecular weight excluding hydrogens is 687 g/mol. The highest BCUT2D eigenvalue weighted by Gasteiger charge is 2.18. The molecule has 0 aliphatic carbocycles. The minimum absolute atomic E-state index is 0.171. The largest absolute Gasteiger partial charge is 0.456 e. The summed E-state index contributed by atoms with van der Waals surface area (Å²) in [4.78, 5) is 13.9. The quantitative estimate of drug-likeness (QED) is 0.170. The molecule has 0 aliphatic heterocycles. The Morgan fingerprint density at radius 1 is 0.339 bits per heavy atom. The van der Waals surface area contributed by atoms with E-state index >= 15 is 0 Å². The van der Waals surface area contributed by atoms with Gasteiger partial charge < -0.3 is 8.83 Å². The first-order valence-electron chi connectivity index (χ1n) is 27.5. The summed E-state index contributed by atoms with van der Waals surface area (Å²) in [6, 6.07) is 0.467. The maximum atomic E-state index is 9.93. The van der Waals surface area contributed by atoms with E-state index in [2.05, 4.69) is 15.0 Å². The van der Waals surface area contributed by atoms with Gasteiger partial charge in [0.1, 0.15) is 22.3 Å². The second-order valence-corrected chi connectivity index (χ2v) is 12.3. The van der Waals surface area contributed by atoms with E-state index in [-0.39, 0.29) is 28.4 Å². The molecule has 0 unspecified atom stereocenters. The summed E-state index contributed by atoms with van der Waals surface area (Å²) in [5.74, 6) is 0.151. The van der Waals surface area contributed by atoms with Crippen molar-refractivity contribution >= 4 is 43.9 Å². The van der Waals surface area contributed by atoms with Gasteiger partial charge in [0, 0.05) is 38.2 Å². The second kappa shape index (κ2) is 13.0. The van der Waals surface area contributed by atoms with Gasteiger partial charge in [-0.05, 0) is 75.7 Å². The molecule has 3 heterocycles. The highest BCUT2D eigenvalue weighted by molar-refractivity contribution is 6.14. The van der Waals surface area contributed by atoms with Crippen molar-refractivity contribution in [2.24, 2.45) is 0 Å². The summed E-state index contributed by atoms with van der Waals surface area (Å²) in [5, 5.41) is -1.70. The monoisotopic (exact) mass is 738 g/mol. The highest BCUT2D eigenvalue weighted by Crippen LogP contribution is 2.42. The lowest BCUT2D eigenvalue weighted by molar-refractivity contribution is 0.669. The van der Waals surface area contributed by atoms with Crippen LogP contribution in [0.25, 0.3) is 111 Å². The molecule has 0 saturated carbocycles. The maximum absolute atomic E-state index is 9.93. The number of nitrogens with zero attached hydrogens (tertiary/aromatic N) is 3. The number of para-hydroxylation sites is 1. The fraction of sp³-hybridized carbons (Fsp3) is 0. The van der Waals surface area contributed by atoms with E-state index in [0.717, 1.165) is 0 Å². The number of hydrogen-bond acceptors (Lipinski definition) is 5. The van der Waals surface area contributed by atoms with Crippen molar-refractivity contribution in [3.8, 4) is 67.5 Å². The SMILES string of the molecule is [2H]c1c([2H])c([2H])c(-c2c([2H])c([2H])c(-c3c([2H])c(-c4c([2H])c([2H])c5oc6c([2H])c(-c7nc(-c8ccccc8)nc(-c8ccccc8)n7)c([2H])c([2H])c6c5c4[2H])c([2H])c4oc5c([2H])c([2H])c([2H])c([2H])c5c34)c([2H])c2[2H])c([2H])c1[2H]. The van der Waals surface area contributed by atoms with Gasteiger partial charge >= 0.3 is 0 Å². The van der Waals surface area contributed by atoms with Crippen molar-refractivity contribution in [3.05, 3.63) is 188 Å². The summed E-state index contributed by atoms with van der Waals surface area (Å²) in [5.41, 5.74) is -5.53. The summed E-state index contributed by atoms with van der Waals surface area (Å²) in [6.45, 7) is 0. The minimum Gasteiger partial charge on any atom is -0.456 e. The normalized spacial score (nSPS) is 16.8. The molecule has 0 atom stereocenters. The molecule has 5 nitrogen and oxygen atoms in total. The highest BCUT2D eigenvalue weighted by atomic mass is 16.3. The van der Waals surface area contributed by atoms with Gasteiger partial charge in [-0.15, -0.1) is 0 Å². The molecule has 0 amide bonds.